The minimum atomic E-state index is -0.816. The maximum absolute atomic E-state index is 11.6. The topological polar surface area (TPSA) is 297 Å². The first kappa shape index (κ1) is 53.6. The Hall–Kier alpha value is 0.616. The van der Waals surface area contributed by atoms with Gasteiger partial charge in [-0.1, -0.05) is 13.0 Å². The summed E-state index contributed by atoms with van der Waals surface area (Å²) in [6.45, 7) is 3.64. The Morgan fingerprint density at radius 3 is 1.58 bits per heavy atom. The zero-order chi connectivity index (χ0) is 36.0. The third kappa shape index (κ3) is 14.4. The Morgan fingerprint density at radius 1 is 0.679 bits per heavy atom. The minimum Gasteiger partial charge on any atom is -0.478 e. The number of urea groups is 3. The van der Waals surface area contributed by atoms with Crippen LogP contribution >= 0.6 is 0 Å². The Morgan fingerprint density at radius 2 is 1.13 bits per heavy atom. The summed E-state index contributed by atoms with van der Waals surface area (Å²) in [5, 5.41) is 61.7. The first-order chi connectivity index (χ1) is 23.3. The number of carbonyl (C=O) groups excluding carboxylic acids is 6. The molecule has 6 rings (SSSR count). The van der Waals surface area contributed by atoms with Crippen LogP contribution in [0.15, 0.2) is 0 Å². The molecule has 21 nitrogen and oxygen atoms in total. The minimum absolute atomic E-state index is 0. The van der Waals surface area contributed by atoms with Crippen LogP contribution in [0.25, 0.3) is 0 Å². The average molecular weight is 1060 g/mol. The third-order valence-electron chi connectivity index (χ3n) is 8.18. The Labute approximate surface area is 405 Å². The molecular weight excluding hydrogens is 1020 g/mol. The quantitative estimate of drug-likeness (QED) is 0.113. The molecule has 53 heavy (non-hydrogen) atoms. The van der Waals surface area contributed by atoms with E-state index in [9.17, 15) is 44.1 Å². The fraction of sp³-hybridized carbons (Fsp3) is 0.643. The smallest absolute Gasteiger partial charge is 0.321 e. The summed E-state index contributed by atoms with van der Waals surface area (Å²) in [4.78, 5) is 71.2. The van der Waals surface area contributed by atoms with Crippen molar-refractivity contribution < 1.29 is 204 Å². The van der Waals surface area contributed by atoms with Crippen molar-refractivity contribution in [1.29, 1.82) is 0 Å². The van der Waals surface area contributed by atoms with Gasteiger partial charge in [0.25, 0.3) is 12.1 Å². The largest absolute Gasteiger partial charge is 0.478 e. The van der Waals surface area contributed by atoms with Gasteiger partial charge >= 0.3 is 6.03 Å². The summed E-state index contributed by atoms with van der Waals surface area (Å²) in [6.07, 6.45) is -4.24. The van der Waals surface area contributed by atoms with Crippen LogP contribution in [0.5, 0.6) is 0 Å². The summed E-state index contributed by atoms with van der Waals surface area (Å²) in [6, 6.07) is -1.69. The van der Waals surface area contributed by atoms with Gasteiger partial charge in [-0.05, 0) is 0 Å². The van der Waals surface area contributed by atoms with Crippen LogP contribution in [0, 0.1) is 25.4 Å². The molecule has 9 atom stereocenters. The Kier molecular flexibility index (Phi) is 25.5. The first-order valence-corrected chi connectivity index (χ1v) is 15.3. The van der Waals surface area contributed by atoms with Crippen molar-refractivity contribution in [3.63, 3.8) is 0 Å². The number of rotatable bonds is 6. The molecule has 6 heterocycles. The molecule has 9 amide bonds. The van der Waals surface area contributed by atoms with Crippen LogP contribution in [0.4, 0.5) is 14.4 Å². The van der Waals surface area contributed by atoms with Gasteiger partial charge in [0.1, 0.15) is 37.0 Å². The van der Waals surface area contributed by atoms with Gasteiger partial charge in [0.2, 0.25) is 0 Å². The molecule has 9 N–H and O–H groups in total. The zero-order valence-corrected chi connectivity index (χ0v) is 39.9. The normalized spacial score (nSPS) is 32.2. The summed E-state index contributed by atoms with van der Waals surface area (Å²) in [5.41, 5.74) is 0. The van der Waals surface area contributed by atoms with Gasteiger partial charge in [-0.3, -0.25) is 26.1 Å². The molecule has 6 fully saturated rings. The SMILES string of the molecule is C[C-]1[CH-]N(C2CC(O)C(CO)O2)C(=O)NC1=O.O=C1C[CH-]N(C2CC(O)C(CO)O2)C(=O)N1.O=C1[CH-]CN(C2CC(O)C(CO)O2)C(=O)N1.[Y].[Y].[Y].[Y]. The predicted molar refractivity (Wildman–Crippen MR) is 157 cm³/mol. The monoisotopic (exact) mass is 1060 g/mol. The summed E-state index contributed by atoms with van der Waals surface area (Å²) in [7, 11) is 0. The van der Waals surface area contributed by atoms with Gasteiger partial charge in [-0.2, -0.15) is 6.92 Å². The van der Waals surface area contributed by atoms with Crippen LogP contribution in [0.3, 0.4) is 0 Å². The van der Waals surface area contributed by atoms with Gasteiger partial charge in [0, 0.05) is 150 Å². The number of nitrogens with zero attached hydrogens (tertiary/aromatic N) is 3. The molecule has 0 bridgehead atoms. The number of amides is 9. The fourth-order valence-corrected chi connectivity index (χ4v) is 5.46. The van der Waals surface area contributed by atoms with Gasteiger partial charge < -0.3 is 92.2 Å². The number of aliphatic hydroxyl groups is 6. The predicted octanol–water partition coefficient (Wildman–Crippen LogP) is -4.48. The molecule has 9 unspecified atom stereocenters. The van der Waals surface area contributed by atoms with E-state index in [1.165, 1.54) is 34.2 Å². The molecule has 25 heteroatoms. The van der Waals surface area contributed by atoms with Crippen molar-refractivity contribution >= 4 is 35.8 Å². The second kappa shape index (κ2) is 25.2. The van der Waals surface area contributed by atoms with Crippen molar-refractivity contribution in [2.75, 3.05) is 26.4 Å². The average Bonchev–Trinajstić information content (AvgIpc) is 3.74. The van der Waals surface area contributed by atoms with E-state index in [0.29, 0.717) is 5.92 Å². The molecular formula is C28H40N6O15Y4-4. The molecule has 6 saturated heterocycles. The van der Waals surface area contributed by atoms with Crippen molar-refractivity contribution in [2.45, 2.75) is 87.9 Å². The van der Waals surface area contributed by atoms with E-state index in [1.54, 1.807) is 6.92 Å². The van der Waals surface area contributed by atoms with Crippen molar-refractivity contribution in [3.05, 3.63) is 25.4 Å². The number of aliphatic hydroxyl groups excluding tert-OH is 6. The molecule has 288 valence electrons. The Bertz CT molecular complexity index is 1200. The van der Waals surface area contributed by atoms with Crippen molar-refractivity contribution in [2.24, 2.45) is 0 Å². The van der Waals surface area contributed by atoms with E-state index in [0.717, 1.165) is 0 Å². The van der Waals surface area contributed by atoms with Gasteiger partial charge in [-0.25, -0.2) is 11.3 Å². The number of imide groups is 3. The number of carbonyl (C=O) groups is 6. The first-order valence-electron chi connectivity index (χ1n) is 15.3. The van der Waals surface area contributed by atoms with E-state index >= 15 is 0 Å². The molecule has 0 aliphatic carbocycles. The number of hydrogen-bond donors (Lipinski definition) is 9. The van der Waals surface area contributed by atoms with E-state index in [-0.39, 0.29) is 189 Å². The van der Waals surface area contributed by atoms with Crippen LogP contribution in [0.2, 0.25) is 0 Å². The van der Waals surface area contributed by atoms with E-state index in [1.807, 2.05) is 0 Å². The second-order valence-electron chi connectivity index (χ2n) is 11.6. The third-order valence-corrected chi connectivity index (χ3v) is 8.18. The van der Waals surface area contributed by atoms with E-state index in [4.69, 9.17) is 29.5 Å². The summed E-state index contributed by atoms with van der Waals surface area (Å²) >= 11 is 0. The maximum Gasteiger partial charge on any atom is 0.321 e. The van der Waals surface area contributed by atoms with Crippen molar-refractivity contribution in [3.8, 4) is 0 Å². The standard InChI is InChI=1S/C10H14N2O5.2C9H13N2O5.4Y/c1-5-3-12(10(16)11-9(5)15)8-2-6(14)7(4-13)17-8;2*12-4-6-5(13)3-8(16-6)11-2-1-7(14)10-9(11)15;;;;/h3,6-8,13-14H,2,4H2,1H3,(H,11,15,16);2,5-6,8,12-13H,1,3-4H2,(H,10,14,15);1,5-6,8,12-13H,2-4H2,(H,10,14,15);;;;/q-2;2*-1;;;;. The molecule has 0 aromatic carbocycles. The molecule has 0 spiro atoms. The van der Waals surface area contributed by atoms with Crippen LogP contribution < -0.4 is 16.0 Å². The van der Waals surface area contributed by atoms with Crippen molar-refractivity contribution in [1.82, 2.24) is 30.7 Å². The number of ether oxygens (including phenoxy) is 3. The van der Waals surface area contributed by atoms with Gasteiger partial charge in [-0.15, -0.1) is 0 Å². The fourth-order valence-electron chi connectivity index (χ4n) is 5.46. The molecule has 0 saturated carbocycles. The molecule has 0 aromatic rings. The van der Waals surface area contributed by atoms with Gasteiger partial charge in [0.05, 0.1) is 49.9 Å². The molecule has 6 aliphatic rings. The van der Waals surface area contributed by atoms with Crippen LogP contribution in [0.1, 0.15) is 32.6 Å². The van der Waals surface area contributed by atoms with E-state index in [2.05, 4.69) is 16.0 Å². The zero-order valence-electron chi connectivity index (χ0n) is 28.6. The molecule has 4 radical (unpaired) electrons. The summed E-state index contributed by atoms with van der Waals surface area (Å²) in [5.74, 6) is -0.851. The number of nitrogens with one attached hydrogen (secondary N) is 3. The van der Waals surface area contributed by atoms with Gasteiger partial charge in [0.15, 0.2) is 5.91 Å². The van der Waals surface area contributed by atoms with Crippen LogP contribution in [-0.2, 0) is 159 Å². The van der Waals surface area contributed by atoms with E-state index < -0.39 is 85.2 Å². The van der Waals surface area contributed by atoms with Crippen LogP contribution in [-0.4, -0.2) is 163 Å². The molecule has 6 aliphatic heterocycles. The second-order valence-corrected chi connectivity index (χ2v) is 11.6. The number of hydrogen-bond acceptors (Lipinski definition) is 15. The molecule has 0 aromatic heterocycles. The maximum atomic E-state index is 11.6. The summed E-state index contributed by atoms with van der Waals surface area (Å²) < 4.78 is 15.9. The Balaban J connectivity index is 0.000000738.